The molecule has 0 spiro atoms. The summed E-state index contributed by atoms with van der Waals surface area (Å²) < 4.78 is 2.01. The summed E-state index contributed by atoms with van der Waals surface area (Å²) in [4.78, 5) is 15.3. The number of imidazole rings is 1. The maximum Gasteiger partial charge on any atom is 0.224 e. The van der Waals surface area contributed by atoms with E-state index in [2.05, 4.69) is 28.5 Å². The molecule has 0 atom stereocenters. The maximum absolute atomic E-state index is 11.3. The number of nitrogens with one attached hydrogen (secondary N) is 1. The molecular weight excluding hydrogens is 238 g/mol. The highest BCUT2D eigenvalue weighted by atomic mass is 16.1. The summed E-state index contributed by atoms with van der Waals surface area (Å²) in [6.45, 7) is 0.813. The normalized spacial score (nSPS) is 14.4. The summed E-state index contributed by atoms with van der Waals surface area (Å²) in [5, 5.41) is 2.89. The van der Waals surface area contributed by atoms with Gasteiger partial charge in [0.1, 0.15) is 0 Å². The monoisotopic (exact) mass is 253 g/mol. The SMILES string of the molecule is O=C1CCc2cc(/C=C\Cn3ccnc3)ccc2N1. The molecule has 1 aromatic heterocycles. The minimum atomic E-state index is 0.107. The predicted octanol–water partition coefficient (Wildman–Crippen LogP) is 2.48. The number of aryl methyl sites for hydroxylation is 1. The third-order valence-corrected chi connectivity index (χ3v) is 3.21. The van der Waals surface area contributed by atoms with Crippen LogP contribution in [-0.4, -0.2) is 15.5 Å². The van der Waals surface area contributed by atoms with Gasteiger partial charge >= 0.3 is 0 Å². The van der Waals surface area contributed by atoms with Gasteiger partial charge in [-0.15, -0.1) is 0 Å². The van der Waals surface area contributed by atoms with Crippen LogP contribution in [0.15, 0.2) is 43.0 Å². The summed E-state index contributed by atoms with van der Waals surface area (Å²) >= 11 is 0. The molecule has 0 unspecified atom stereocenters. The number of amides is 1. The molecule has 96 valence electrons. The molecule has 1 N–H and O–H groups in total. The van der Waals surface area contributed by atoms with E-state index >= 15 is 0 Å². The van der Waals surface area contributed by atoms with Gasteiger partial charge < -0.3 is 9.88 Å². The van der Waals surface area contributed by atoms with Crippen LogP contribution in [0.25, 0.3) is 6.08 Å². The summed E-state index contributed by atoms with van der Waals surface area (Å²) in [5.41, 5.74) is 3.32. The number of nitrogens with zero attached hydrogens (tertiary/aromatic N) is 2. The van der Waals surface area contributed by atoms with E-state index in [0.717, 1.165) is 24.2 Å². The first kappa shape index (κ1) is 11.7. The second-order valence-corrected chi connectivity index (χ2v) is 4.63. The van der Waals surface area contributed by atoms with Gasteiger partial charge in [0.05, 0.1) is 6.33 Å². The molecule has 2 heterocycles. The second kappa shape index (κ2) is 5.10. The second-order valence-electron chi connectivity index (χ2n) is 4.63. The quantitative estimate of drug-likeness (QED) is 0.913. The van der Waals surface area contributed by atoms with Gasteiger partial charge in [-0.05, 0) is 29.7 Å². The van der Waals surface area contributed by atoms with E-state index in [1.807, 2.05) is 22.9 Å². The molecule has 0 bridgehead atoms. The summed E-state index contributed by atoms with van der Waals surface area (Å²) in [6.07, 6.45) is 11.1. The molecule has 0 fully saturated rings. The van der Waals surface area contributed by atoms with E-state index in [0.29, 0.717) is 6.42 Å². The van der Waals surface area contributed by atoms with Crippen LogP contribution >= 0.6 is 0 Å². The number of fused-ring (bicyclic) bond motifs is 1. The first-order valence-electron chi connectivity index (χ1n) is 6.36. The van der Waals surface area contributed by atoms with Crippen LogP contribution in [-0.2, 0) is 17.8 Å². The number of allylic oxidation sites excluding steroid dienone is 1. The van der Waals surface area contributed by atoms with Crippen LogP contribution in [0.2, 0.25) is 0 Å². The van der Waals surface area contributed by atoms with Crippen LogP contribution in [0.1, 0.15) is 17.5 Å². The number of benzene rings is 1. The lowest BCUT2D eigenvalue weighted by atomic mass is 10.0. The molecule has 1 aliphatic rings. The average Bonchev–Trinajstić information content (AvgIpc) is 2.92. The third kappa shape index (κ3) is 2.73. The van der Waals surface area contributed by atoms with Crippen LogP contribution in [0.4, 0.5) is 5.69 Å². The number of aromatic nitrogens is 2. The molecule has 19 heavy (non-hydrogen) atoms. The minimum Gasteiger partial charge on any atom is -0.334 e. The van der Waals surface area contributed by atoms with E-state index in [9.17, 15) is 4.79 Å². The Hall–Kier alpha value is -2.36. The lowest BCUT2D eigenvalue weighted by Gasteiger charge is -2.16. The van der Waals surface area contributed by atoms with Crippen LogP contribution in [0, 0.1) is 0 Å². The molecule has 1 aliphatic heterocycles. The molecule has 1 aromatic carbocycles. The van der Waals surface area contributed by atoms with Gasteiger partial charge in [0.25, 0.3) is 0 Å². The van der Waals surface area contributed by atoms with Gasteiger partial charge in [-0.25, -0.2) is 4.98 Å². The summed E-state index contributed by atoms with van der Waals surface area (Å²) in [6, 6.07) is 6.14. The van der Waals surface area contributed by atoms with Gasteiger partial charge in [-0.3, -0.25) is 4.79 Å². The molecule has 0 saturated heterocycles. The molecule has 0 aliphatic carbocycles. The molecule has 4 nitrogen and oxygen atoms in total. The Kier molecular flexibility index (Phi) is 3.14. The first-order chi connectivity index (χ1) is 9.31. The maximum atomic E-state index is 11.3. The van der Waals surface area contributed by atoms with Crippen molar-refractivity contribution in [3.63, 3.8) is 0 Å². The molecular formula is C15H15N3O. The van der Waals surface area contributed by atoms with Crippen molar-refractivity contribution >= 4 is 17.7 Å². The van der Waals surface area contributed by atoms with Crippen molar-refractivity contribution in [3.8, 4) is 0 Å². The van der Waals surface area contributed by atoms with Crippen molar-refractivity contribution in [2.45, 2.75) is 19.4 Å². The lowest BCUT2D eigenvalue weighted by Crippen LogP contribution is -2.18. The lowest BCUT2D eigenvalue weighted by molar-refractivity contribution is -0.116. The Morgan fingerprint density at radius 2 is 2.32 bits per heavy atom. The Morgan fingerprint density at radius 3 is 3.16 bits per heavy atom. The third-order valence-electron chi connectivity index (χ3n) is 3.21. The fraction of sp³-hybridized carbons (Fsp3) is 0.200. The number of rotatable bonds is 3. The zero-order valence-electron chi connectivity index (χ0n) is 10.5. The van der Waals surface area contributed by atoms with Gasteiger partial charge in [-0.2, -0.15) is 0 Å². The molecule has 4 heteroatoms. The van der Waals surface area contributed by atoms with Gasteiger partial charge in [-0.1, -0.05) is 18.2 Å². The molecule has 2 aromatic rings. The van der Waals surface area contributed by atoms with Gasteiger partial charge in [0, 0.05) is 31.0 Å². The van der Waals surface area contributed by atoms with E-state index < -0.39 is 0 Å². The van der Waals surface area contributed by atoms with Crippen LogP contribution in [0.5, 0.6) is 0 Å². The van der Waals surface area contributed by atoms with E-state index in [1.54, 1.807) is 12.5 Å². The first-order valence-corrected chi connectivity index (χ1v) is 6.36. The zero-order chi connectivity index (χ0) is 13.1. The van der Waals surface area contributed by atoms with Crippen molar-refractivity contribution in [3.05, 3.63) is 54.1 Å². The average molecular weight is 253 g/mol. The van der Waals surface area contributed by atoms with Crippen LogP contribution in [0.3, 0.4) is 0 Å². The standard InChI is InChI=1S/C15H15N3O/c19-15-6-4-13-10-12(3-5-14(13)17-15)2-1-8-18-9-7-16-11-18/h1-3,5,7,9-11H,4,6,8H2,(H,17,19)/b2-1-. The number of hydrogen-bond donors (Lipinski definition) is 1. The van der Waals surface area contributed by atoms with Crippen molar-refractivity contribution < 1.29 is 4.79 Å². The highest BCUT2D eigenvalue weighted by Crippen LogP contribution is 2.23. The smallest absolute Gasteiger partial charge is 0.224 e. The van der Waals surface area contributed by atoms with Crippen LogP contribution < -0.4 is 5.32 Å². The summed E-state index contributed by atoms with van der Waals surface area (Å²) in [5.74, 6) is 0.107. The van der Waals surface area contributed by atoms with Crippen molar-refractivity contribution in [2.24, 2.45) is 0 Å². The molecule has 1 amide bonds. The number of anilines is 1. The topological polar surface area (TPSA) is 46.9 Å². The Labute approximate surface area is 111 Å². The molecule has 0 radical (unpaired) electrons. The fourth-order valence-electron chi connectivity index (χ4n) is 2.21. The number of carbonyl (C=O) groups is 1. The van der Waals surface area contributed by atoms with Gasteiger partial charge in [0.2, 0.25) is 5.91 Å². The molecule has 0 saturated carbocycles. The van der Waals surface area contributed by atoms with Crippen molar-refractivity contribution in [2.75, 3.05) is 5.32 Å². The highest BCUT2D eigenvalue weighted by molar-refractivity contribution is 5.94. The Balaban J connectivity index is 1.72. The zero-order valence-corrected chi connectivity index (χ0v) is 10.5. The molecule has 3 rings (SSSR count). The van der Waals surface area contributed by atoms with E-state index in [1.165, 1.54) is 5.56 Å². The van der Waals surface area contributed by atoms with Crippen molar-refractivity contribution in [1.82, 2.24) is 9.55 Å². The largest absolute Gasteiger partial charge is 0.334 e. The van der Waals surface area contributed by atoms with E-state index in [-0.39, 0.29) is 5.91 Å². The number of hydrogen-bond acceptors (Lipinski definition) is 2. The Bertz CT molecular complexity index is 614. The highest BCUT2D eigenvalue weighted by Gasteiger charge is 2.13. The van der Waals surface area contributed by atoms with Crippen molar-refractivity contribution in [1.29, 1.82) is 0 Å². The van der Waals surface area contributed by atoms with E-state index in [4.69, 9.17) is 0 Å². The Morgan fingerprint density at radius 1 is 1.37 bits per heavy atom. The minimum absolute atomic E-state index is 0.107. The van der Waals surface area contributed by atoms with Gasteiger partial charge in [0.15, 0.2) is 0 Å². The summed E-state index contributed by atoms with van der Waals surface area (Å²) in [7, 11) is 0. The predicted molar refractivity (Wildman–Crippen MR) is 74.7 cm³/mol. The number of carbonyl (C=O) groups excluding carboxylic acids is 1. The fourth-order valence-corrected chi connectivity index (χ4v) is 2.21.